The Morgan fingerprint density at radius 1 is 1.50 bits per heavy atom. The molecule has 0 fully saturated rings. The second-order valence-electron chi connectivity index (χ2n) is 3.28. The van der Waals surface area contributed by atoms with Crippen LogP contribution in [0.15, 0.2) is 0 Å². The van der Waals surface area contributed by atoms with E-state index >= 15 is 0 Å². The van der Waals surface area contributed by atoms with Gasteiger partial charge in [0.2, 0.25) is 0 Å². The third kappa shape index (κ3) is 6.18. The Kier molecular flexibility index (Phi) is 2.70. The fourth-order valence-electron chi connectivity index (χ4n) is 0.580. The molecule has 0 saturated heterocycles. The molecule has 0 aromatic heterocycles. The lowest BCUT2D eigenvalue weighted by atomic mass is 9.93. The van der Waals surface area contributed by atoms with Crippen LogP contribution in [0.2, 0.25) is 0 Å². The first-order valence-corrected chi connectivity index (χ1v) is 3.39. The number of aliphatic hydroxyl groups is 1. The van der Waals surface area contributed by atoms with Gasteiger partial charge in [-0.3, -0.25) is 0 Å². The zero-order valence-corrected chi connectivity index (χ0v) is 6.73. The van der Waals surface area contributed by atoms with Gasteiger partial charge in [0.05, 0.1) is 10.2 Å². The van der Waals surface area contributed by atoms with Gasteiger partial charge in [0.15, 0.2) is 0 Å². The number of hydrogen-bond donors (Lipinski definition) is 1. The lowest BCUT2D eigenvalue weighted by Crippen LogP contribution is -2.16. The molecule has 47 valence electrons. The second-order valence-corrected chi connectivity index (χ2v) is 3.95. The fraction of sp³-hybridized carbons (Fsp3) is 1.00. The van der Waals surface area contributed by atoms with Gasteiger partial charge in [-0.2, -0.15) is 0 Å². The lowest BCUT2D eigenvalue weighted by molar-refractivity contribution is 0.189. The van der Waals surface area contributed by atoms with Crippen LogP contribution >= 0.6 is 0 Å². The summed E-state index contributed by atoms with van der Waals surface area (Å²) in [6.45, 7) is 6.28. The van der Waals surface area contributed by atoms with E-state index in [-0.39, 0.29) is 11.1 Å². The van der Waals surface area contributed by atoms with Crippen molar-refractivity contribution in [1.82, 2.24) is 0 Å². The van der Waals surface area contributed by atoms with Crippen LogP contribution in [0.25, 0.3) is 0 Å². The Bertz CT molecular complexity index is 63.4. The van der Waals surface area contributed by atoms with E-state index in [0.29, 0.717) is 0 Å². The lowest BCUT2D eigenvalue weighted by Gasteiger charge is -2.19. The average Bonchev–Trinajstić information content (AvgIpc) is 1.21. The highest BCUT2D eigenvalue weighted by Crippen LogP contribution is 2.19. The maximum Gasteiger partial charge on any atom is 0.0653 e. The molecular weight excluding hydrogens is 116 g/mol. The fourth-order valence-corrected chi connectivity index (χ4v) is 1.19. The van der Waals surface area contributed by atoms with Crippen LogP contribution in [0.1, 0.15) is 27.2 Å². The van der Waals surface area contributed by atoms with Gasteiger partial charge in [-0.15, -0.1) is 0 Å². The van der Waals surface area contributed by atoms with Gasteiger partial charge < -0.3 is 5.11 Å². The molecule has 8 heavy (non-hydrogen) atoms. The molecule has 1 atom stereocenters. The topological polar surface area (TPSA) is 20.2 Å². The molecule has 1 unspecified atom stereocenters. The Morgan fingerprint density at radius 3 is 1.88 bits per heavy atom. The van der Waals surface area contributed by atoms with Crippen molar-refractivity contribution in [2.45, 2.75) is 32.9 Å². The van der Waals surface area contributed by atoms with Gasteiger partial charge >= 0.3 is 0 Å². The van der Waals surface area contributed by atoms with Crippen molar-refractivity contribution in [2.75, 3.05) is 0 Å². The Labute approximate surface area is 54.5 Å². The second kappa shape index (κ2) is 2.64. The molecule has 0 rings (SSSR count). The normalized spacial score (nSPS) is 16.1. The monoisotopic (exact) mass is 129 g/mol. The summed E-state index contributed by atoms with van der Waals surface area (Å²) in [7, 11) is 3.11. The SMILES string of the molecule is CC(C)(C)CC(O)[Si]. The molecule has 0 aromatic rings. The van der Waals surface area contributed by atoms with E-state index in [1.54, 1.807) is 0 Å². The molecule has 0 aliphatic heterocycles. The minimum Gasteiger partial charge on any atom is -0.397 e. The Balaban J connectivity index is 3.39. The van der Waals surface area contributed by atoms with Crippen molar-refractivity contribution in [1.29, 1.82) is 0 Å². The zero-order chi connectivity index (χ0) is 6.78. The van der Waals surface area contributed by atoms with Crippen molar-refractivity contribution in [3.05, 3.63) is 0 Å². The number of aliphatic hydroxyl groups excluding tert-OH is 1. The summed E-state index contributed by atoms with van der Waals surface area (Å²) in [5, 5.41) is 8.80. The van der Waals surface area contributed by atoms with E-state index in [0.717, 1.165) is 6.42 Å². The van der Waals surface area contributed by atoms with Crippen LogP contribution in [0.5, 0.6) is 0 Å². The summed E-state index contributed by atoms with van der Waals surface area (Å²) < 4.78 is 0. The van der Waals surface area contributed by atoms with Crippen LogP contribution in [0.4, 0.5) is 0 Å². The van der Waals surface area contributed by atoms with Crippen LogP contribution < -0.4 is 0 Å². The smallest absolute Gasteiger partial charge is 0.0653 e. The Morgan fingerprint density at radius 2 is 1.88 bits per heavy atom. The van der Waals surface area contributed by atoms with Crippen molar-refractivity contribution < 1.29 is 5.11 Å². The van der Waals surface area contributed by atoms with Gasteiger partial charge in [-0.25, -0.2) is 0 Å². The van der Waals surface area contributed by atoms with E-state index in [4.69, 9.17) is 5.11 Å². The standard InChI is InChI=1S/C6H13OSi/c1-6(2,3)4-5(7)8/h5,7H,4H2,1-3H3. The van der Waals surface area contributed by atoms with Crippen LogP contribution in [0, 0.1) is 5.41 Å². The van der Waals surface area contributed by atoms with Crippen molar-refractivity contribution in [3.63, 3.8) is 0 Å². The highest BCUT2D eigenvalue weighted by atomic mass is 28.1. The summed E-state index contributed by atoms with van der Waals surface area (Å²) in [6, 6.07) is 0. The summed E-state index contributed by atoms with van der Waals surface area (Å²) in [5.74, 6) is 0. The number of rotatable bonds is 1. The predicted molar refractivity (Wildman–Crippen MR) is 35.8 cm³/mol. The molecule has 0 amide bonds. The zero-order valence-electron chi connectivity index (χ0n) is 5.73. The molecule has 2 heteroatoms. The van der Waals surface area contributed by atoms with E-state index in [9.17, 15) is 0 Å². The maximum absolute atomic E-state index is 8.80. The van der Waals surface area contributed by atoms with Crippen molar-refractivity contribution in [2.24, 2.45) is 5.41 Å². The van der Waals surface area contributed by atoms with E-state index in [1.807, 2.05) is 0 Å². The molecule has 1 nitrogen and oxygen atoms in total. The molecule has 1 N–H and O–H groups in total. The predicted octanol–water partition coefficient (Wildman–Crippen LogP) is 0.909. The summed E-state index contributed by atoms with van der Waals surface area (Å²) >= 11 is 0. The third-order valence-electron chi connectivity index (χ3n) is 0.806. The van der Waals surface area contributed by atoms with Gasteiger partial charge in [-0.1, -0.05) is 20.8 Å². The van der Waals surface area contributed by atoms with E-state index in [1.165, 1.54) is 0 Å². The summed E-state index contributed by atoms with van der Waals surface area (Å²) in [5.41, 5.74) is -0.128. The molecule has 3 radical (unpaired) electrons. The van der Waals surface area contributed by atoms with E-state index < -0.39 is 0 Å². The summed E-state index contributed by atoms with van der Waals surface area (Å²) in [4.78, 5) is 0. The maximum atomic E-state index is 8.80. The molecular formula is C6H13OSi. The molecule has 0 saturated carbocycles. The third-order valence-corrected chi connectivity index (χ3v) is 1.01. The minimum atomic E-state index is -0.352. The van der Waals surface area contributed by atoms with Crippen LogP contribution in [-0.2, 0) is 0 Å². The Hall–Kier alpha value is 0.177. The summed E-state index contributed by atoms with van der Waals surface area (Å²) in [6.07, 6.45) is 0.796. The first kappa shape index (κ1) is 8.18. The van der Waals surface area contributed by atoms with Crippen molar-refractivity contribution in [3.8, 4) is 0 Å². The van der Waals surface area contributed by atoms with Gasteiger partial charge in [0.1, 0.15) is 0 Å². The van der Waals surface area contributed by atoms with Gasteiger partial charge in [0, 0.05) is 5.73 Å². The average molecular weight is 129 g/mol. The minimum absolute atomic E-state index is 0.223. The molecule has 0 aliphatic carbocycles. The van der Waals surface area contributed by atoms with Crippen molar-refractivity contribution >= 4 is 10.2 Å². The molecule has 0 spiro atoms. The van der Waals surface area contributed by atoms with Crippen LogP contribution in [-0.4, -0.2) is 21.1 Å². The molecule has 0 heterocycles. The molecule has 0 aromatic carbocycles. The highest BCUT2D eigenvalue weighted by Gasteiger charge is 2.12. The quantitative estimate of drug-likeness (QED) is 0.522. The largest absolute Gasteiger partial charge is 0.397 e. The molecule has 0 aliphatic rings. The number of hydrogen-bond acceptors (Lipinski definition) is 1. The molecule has 0 bridgehead atoms. The first-order valence-electron chi connectivity index (χ1n) is 2.81. The van der Waals surface area contributed by atoms with Gasteiger partial charge in [-0.05, 0) is 11.8 Å². The van der Waals surface area contributed by atoms with E-state index in [2.05, 4.69) is 31.0 Å². The first-order chi connectivity index (χ1) is 3.42. The van der Waals surface area contributed by atoms with Gasteiger partial charge in [0.25, 0.3) is 0 Å². The van der Waals surface area contributed by atoms with Crippen LogP contribution in [0.3, 0.4) is 0 Å². The highest BCUT2D eigenvalue weighted by molar-refractivity contribution is 6.10.